The zero-order valence-corrected chi connectivity index (χ0v) is 11.5. The number of thiocarbonyl (C=S) groups is 1. The lowest BCUT2D eigenvalue weighted by Crippen LogP contribution is -2.14. The highest BCUT2D eigenvalue weighted by molar-refractivity contribution is 7.80. The summed E-state index contributed by atoms with van der Waals surface area (Å²) in [6.45, 7) is 0.0890. The van der Waals surface area contributed by atoms with Gasteiger partial charge < -0.3 is 15.6 Å². The third kappa shape index (κ3) is 3.31. The van der Waals surface area contributed by atoms with Gasteiger partial charge in [-0.3, -0.25) is 0 Å². The molecule has 0 fully saturated rings. The van der Waals surface area contributed by atoms with E-state index in [4.69, 9.17) is 22.7 Å². The Morgan fingerprint density at radius 2 is 1.95 bits per heavy atom. The number of para-hydroxylation sites is 1. The van der Waals surface area contributed by atoms with E-state index in [-0.39, 0.29) is 18.2 Å². The highest BCUT2D eigenvalue weighted by Gasteiger charge is 2.09. The van der Waals surface area contributed by atoms with Gasteiger partial charge in [0.2, 0.25) is 0 Å². The van der Waals surface area contributed by atoms with Gasteiger partial charge in [-0.25, -0.2) is 4.39 Å². The van der Waals surface area contributed by atoms with Crippen LogP contribution < -0.4 is 10.5 Å². The zero-order valence-electron chi connectivity index (χ0n) is 10.7. The van der Waals surface area contributed by atoms with Gasteiger partial charge in [0.1, 0.15) is 23.2 Å². The monoisotopic (exact) mass is 291 g/mol. The Labute approximate surface area is 121 Å². The Morgan fingerprint density at radius 3 is 2.65 bits per heavy atom. The van der Waals surface area contributed by atoms with Gasteiger partial charge in [-0.15, -0.1) is 0 Å². The lowest BCUT2D eigenvalue weighted by molar-refractivity contribution is 0.259. The third-order valence-electron chi connectivity index (χ3n) is 2.86. The lowest BCUT2D eigenvalue weighted by Gasteiger charge is -2.12. The molecule has 0 unspecified atom stereocenters. The van der Waals surface area contributed by atoms with Gasteiger partial charge in [-0.05, 0) is 23.8 Å². The van der Waals surface area contributed by atoms with Gasteiger partial charge >= 0.3 is 0 Å². The molecule has 0 aliphatic carbocycles. The van der Waals surface area contributed by atoms with Gasteiger partial charge in [0.05, 0.1) is 6.61 Å². The zero-order chi connectivity index (χ0) is 14.5. The number of hydrogen-bond donors (Lipinski definition) is 2. The fourth-order valence-electron chi connectivity index (χ4n) is 1.83. The summed E-state index contributed by atoms with van der Waals surface area (Å²) in [7, 11) is 0. The van der Waals surface area contributed by atoms with E-state index in [2.05, 4.69) is 0 Å². The molecule has 0 saturated carbocycles. The van der Waals surface area contributed by atoms with Crippen molar-refractivity contribution in [3.63, 3.8) is 0 Å². The molecule has 0 atom stereocenters. The van der Waals surface area contributed by atoms with Gasteiger partial charge in [0.25, 0.3) is 0 Å². The first kappa shape index (κ1) is 14.4. The molecular formula is C15H14FNO2S. The summed E-state index contributed by atoms with van der Waals surface area (Å²) in [5.41, 5.74) is 7.42. The second-order valence-electron chi connectivity index (χ2n) is 4.22. The van der Waals surface area contributed by atoms with Crippen molar-refractivity contribution in [3.8, 4) is 5.75 Å². The first-order chi connectivity index (χ1) is 9.61. The Balaban J connectivity index is 2.21. The van der Waals surface area contributed by atoms with Gasteiger partial charge in [0.15, 0.2) is 0 Å². The molecule has 2 rings (SSSR count). The average molecular weight is 291 g/mol. The predicted molar refractivity (Wildman–Crippen MR) is 79.0 cm³/mol. The van der Waals surface area contributed by atoms with Crippen molar-refractivity contribution >= 4 is 17.2 Å². The maximum atomic E-state index is 13.2. The van der Waals surface area contributed by atoms with E-state index in [1.807, 2.05) is 12.1 Å². The largest absolute Gasteiger partial charge is 0.489 e. The summed E-state index contributed by atoms with van der Waals surface area (Å²) in [5, 5.41) is 9.22. The van der Waals surface area contributed by atoms with Crippen molar-refractivity contribution in [1.82, 2.24) is 0 Å². The molecule has 2 aromatic carbocycles. The molecule has 5 heteroatoms. The van der Waals surface area contributed by atoms with Crippen LogP contribution in [0, 0.1) is 5.82 Å². The number of aliphatic hydroxyl groups excluding tert-OH is 1. The number of ether oxygens (including phenoxy) is 1. The first-order valence-electron chi connectivity index (χ1n) is 6.01. The number of nitrogens with two attached hydrogens (primary N) is 1. The summed E-state index contributed by atoms with van der Waals surface area (Å²) in [6.07, 6.45) is 0. The average Bonchev–Trinajstić information content (AvgIpc) is 2.46. The topological polar surface area (TPSA) is 55.5 Å². The Kier molecular flexibility index (Phi) is 4.65. The van der Waals surface area contributed by atoms with E-state index in [0.29, 0.717) is 22.4 Å². The molecule has 0 heterocycles. The molecule has 104 valence electrons. The van der Waals surface area contributed by atoms with Crippen LogP contribution in [0.15, 0.2) is 42.5 Å². The number of halogens is 1. The molecule has 0 aliphatic heterocycles. The van der Waals surface area contributed by atoms with Crippen molar-refractivity contribution in [2.24, 2.45) is 5.73 Å². The fourth-order valence-corrected chi connectivity index (χ4v) is 2.02. The Morgan fingerprint density at radius 1 is 1.20 bits per heavy atom. The van der Waals surface area contributed by atoms with Gasteiger partial charge in [-0.1, -0.05) is 36.5 Å². The van der Waals surface area contributed by atoms with Crippen molar-refractivity contribution in [2.75, 3.05) is 0 Å². The van der Waals surface area contributed by atoms with E-state index in [1.54, 1.807) is 18.2 Å². The molecular weight excluding hydrogens is 277 g/mol. The minimum absolute atomic E-state index is 0.109. The normalized spacial score (nSPS) is 10.3. The molecule has 0 amide bonds. The van der Waals surface area contributed by atoms with E-state index >= 15 is 0 Å². The summed E-state index contributed by atoms with van der Waals surface area (Å²) < 4.78 is 18.8. The molecule has 0 aromatic heterocycles. The van der Waals surface area contributed by atoms with Crippen LogP contribution in [-0.2, 0) is 13.2 Å². The van der Waals surface area contributed by atoms with Crippen molar-refractivity contribution in [1.29, 1.82) is 0 Å². The predicted octanol–water partition coefficient (Wildman–Crippen LogP) is 2.53. The van der Waals surface area contributed by atoms with Gasteiger partial charge in [-0.2, -0.15) is 0 Å². The molecule has 20 heavy (non-hydrogen) atoms. The standard InChI is InChI=1S/C15H14FNO2S/c16-12-6-5-11(13(7-12)15(17)20)9-19-14-4-2-1-3-10(14)8-18/h1-7,18H,8-9H2,(H2,17,20). The summed E-state index contributed by atoms with van der Waals surface area (Å²) in [4.78, 5) is 0.124. The van der Waals surface area contributed by atoms with Crippen LogP contribution in [0.4, 0.5) is 4.39 Å². The molecule has 3 nitrogen and oxygen atoms in total. The quantitative estimate of drug-likeness (QED) is 0.831. The van der Waals surface area contributed by atoms with Crippen LogP contribution in [0.5, 0.6) is 5.75 Å². The lowest BCUT2D eigenvalue weighted by atomic mass is 10.1. The molecule has 3 N–H and O–H groups in total. The van der Waals surface area contributed by atoms with E-state index < -0.39 is 5.82 Å². The smallest absolute Gasteiger partial charge is 0.125 e. The van der Waals surface area contributed by atoms with Crippen molar-refractivity contribution in [2.45, 2.75) is 13.2 Å². The van der Waals surface area contributed by atoms with Crippen LogP contribution in [0.25, 0.3) is 0 Å². The minimum Gasteiger partial charge on any atom is -0.489 e. The summed E-state index contributed by atoms with van der Waals surface area (Å²) in [6, 6.07) is 11.4. The SMILES string of the molecule is NC(=S)c1cc(F)ccc1COc1ccccc1CO. The van der Waals surface area contributed by atoms with Crippen LogP contribution in [-0.4, -0.2) is 10.1 Å². The molecule has 0 saturated heterocycles. The maximum absolute atomic E-state index is 13.2. The van der Waals surface area contributed by atoms with Crippen molar-refractivity contribution in [3.05, 3.63) is 65.0 Å². The minimum atomic E-state index is -0.396. The highest BCUT2D eigenvalue weighted by Crippen LogP contribution is 2.20. The fraction of sp³-hybridized carbons (Fsp3) is 0.133. The molecule has 0 bridgehead atoms. The number of benzene rings is 2. The highest BCUT2D eigenvalue weighted by atomic mass is 32.1. The van der Waals surface area contributed by atoms with Crippen LogP contribution in [0.3, 0.4) is 0 Å². The van der Waals surface area contributed by atoms with Crippen LogP contribution in [0.1, 0.15) is 16.7 Å². The number of aliphatic hydroxyl groups is 1. The Hall–Kier alpha value is -1.98. The van der Waals surface area contributed by atoms with E-state index in [1.165, 1.54) is 12.1 Å². The first-order valence-corrected chi connectivity index (χ1v) is 6.42. The summed E-state index contributed by atoms with van der Waals surface area (Å²) in [5.74, 6) is 0.181. The maximum Gasteiger partial charge on any atom is 0.125 e. The molecule has 0 radical (unpaired) electrons. The second-order valence-corrected chi connectivity index (χ2v) is 4.66. The van der Waals surface area contributed by atoms with Gasteiger partial charge in [0, 0.05) is 11.1 Å². The summed E-state index contributed by atoms with van der Waals surface area (Å²) >= 11 is 4.90. The van der Waals surface area contributed by atoms with Crippen molar-refractivity contribution < 1.29 is 14.2 Å². The Bertz CT molecular complexity index is 631. The second kappa shape index (κ2) is 6.45. The van der Waals surface area contributed by atoms with E-state index in [9.17, 15) is 9.50 Å². The van der Waals surface area contributed by atoms with E-state index in [0.717, 1.165) is 0 Å². The molecule has 0 spiro atoms. The number of rotatable bonds is 5. The molecule has 0 aliphatic rings. The third-order valence-corrected chi connectivity index (χ3v) is 3.08. The molecule has 2 aromatic rings. The van der Waals surface area contributed by atoms with Crippen LogP contribution in [0.2, 0.25) is 0 Å². The number of hydrogen-bond acceptors (Lipinski definition) is 3. The van der Waals surface area contributed by atoms with Crippen LogP contribution >= 0.6 is 12.2 Å².